The van der Waals surface area contributed by atoms with Gasteiger partial charge in [-0.1, -0.05) is 50.0 Å². The molecule has 0 bridgehead atoms. The minimum Gasteiger partial charge on any atom is -0.469 e. The summed E-state index contributed by atoms with van der Waals surface area (Å²) in [5.74, 6) is -0.713. The lowest BCUT2D eigenvalue weighted by Gasteiger charge is -2.34. The summed E-state index contributed by atoms with van der Waals surface area (Å²) >= 11 is 12.3. The number of pyridine rings is 1. The number of hydrogen-bond donors (Lipinski definition) is 2. The van der Waals surface area contributed by atoms with Crippen molar-refractivity contribution in [3.63, 3.8) is 0 Å². The quantitative estimate of drug-likeness (QED) is 0.668. The lowest BCUT2D eigenvalue weighted by molar-refractivity contribution is -0.0911. The maximum Gasteiger partial charge on any atom is 0.407 e. The van der Waals surface area contributed by atoms with Crippen molar-refractivity contribution in [1.82, 2.24) is 9.88 Å². The zero-order valence-corrected chi connectivity index (χ0v) is 19.4. The third kappa shape index (κ3) is 5.43. The summed E-state index contributed by atoms with van der Waals surface area (Å²) in [4.78, 5) is 29.2. The fourth-order valence-electron chi connectivity index (χ4n) is 3.43. The second kappa shape index (κ2) is 9.52. The van der Waals surface area contributed by atoms with Crippen molar-refractivity contribution >= 4 is 35.2 Å². The van der Waals surface area contributed by atoms with Gasteiger partial charge in [-0.05, 0) is 35.2 Å². The van der Waals surface area contributed by atoms with Gasteiger partial charge in [0.25, 0.3) is 5.91 Å². The van der Waals surface area contributed by atoms with Crippen molar-refractivity contribution in [3.8, 4) is 5.88 Å². The van der Waals surface area contributed by atoms with E-state index in [1.165, 1.54) is 17.2 Å². The molecule has 1 saturated heterocycles. The van der Waals surface area contributed by atoms with Crippen molar-refractivity contribution in [1.29, 1.82) is 0 Å². The number of carboxylic acid groups (broad SMARTS) is 1. The van der Waals surface area contributed by atoms with Gasteiger partial charge in [-0.25, -0.2) is 9.78 Å². The van der Waals surface area contributed by atoms with E-state index < -0.39 is 30.3 Å². The molecule has 2 heterocycles. The third-order valence-electron chi connectivity index (χ3n) is 5.24. The van der Waals surface area contributed by atoms with E-state index in [1.54, 1.807) is 24.3 Å². The number of carbonyl (C=O) groups is 2. The Hall–Kier alpha value is -2.55. The molecule has 32 heavy (non-hydrogen) atoms. The number of aromatic nitrogens is 1. The number of ether oxygens (including phenoxy) is 2. The van der Waals surface area contributed by atoms with E-state index in [1.807, 2.05) is 20.8 Å². The molecule has 1 fully saturated rings. The van der Waals surface area contributed by atoms with Crippen LogP contribution in [0, 0.1) is 5.41 Å². The molecule has 1 aromatic heterocycles. The van der Waals surface area contributed by atoms with Gasteiger partial charge in [0.05, 0.1) is 29.2 Å². The molecule has 3 atom stereocenters. The van der Waals surface area contributed by atoms with Crippen LogP contribution in [0.1, 0.15) is 42.8 Å². The van der Waals surface area contributed by atoms with Gasteiger partial charge in [-0.3, -0.25) is 4.79 Å². The third-order valence-corrected chi connectivity index (χ3v) is 5.98. The standard InChI is InChI=1S/C22H25Cl2N3O5/c1-22(2,3)17-11-27(21(29)30)10-16(31-20-13(19(25)28)5-4-8-26-20)18(32-17)12-6-7-14(23)15(24)9-12/h4-9,16-18H,10-11H2,1-3H3,(H2,25,28)(H,29,30). The monoisotopic (exact) mass is 481 g/mol. The molecule has 3 unspecified atom stereocenters. The lowest BCUT2D eigenvalue weighted by Crippen LogP contribution is -2.43. The normalized spacial score (nSPS) is 21.7. The summed E-state index contributed by atoms with van der Waals surface area (Å²) in [6.45, 7) is 6.02. The van der Waals surface area contributed by atoms with Crippen LogP contribution in [0.4, 0.5) is 4.79 Å². The fourth-order valence-corrected chi connectivity index (χ4v) is 3.73. The van der Waals surface area contributed by atoms with Crippen LogP contribution in [-0.2, 0) is 4.74 Å². The molecule has 1 aliphatic heterocycles. The Morgan fingerprint density at radius 1 is 1.22 bits per heavy atom. The van der Waals surface area contributed by atoms with Crippen molar-refractivity contribution in [2.24, 2.45) is 11.1 Å². The highest BCUT2D eigenvalue weighted by Gasteiger charge is 2.41. The minimum atomic E-state index is -1.11. The number of benzene rings is 1. The predicted molar refractivity (Wildman–Crippen MR) is 120 cm³/mol. The maximum atomic E-state index is 12.0. The maximum absolute atomic E-state index is 12.0. The highest BCUT2D eigenvalue weighted by molar-refractivity contribution is 6.42. The van der Waals surface area contributed by atoms with Gasteiger partial charge in [0.1, 0.15) is 17.8 Å². The number of rotatable bonds is 4. The van der Waals surface area contributed by atoms with Gasteiger partial charge >= 0.3 is 6.09 Å². The number of halogens is 2. The lowest BCUT2D eigenvalue weighted by atomic mass is 9.88. The molecule has 0 saturated carbocycles. The molecule has 2 amide bonds. The molecule has 1 aromatic carbocycles. The van der Waals surface area contributed by atoms with E-state index >= 15 is 0 Å². The fraction of sp³-hybridized carbons (Fsp3) is 0.409. The van der Waals surface area contributed by atoms with Crippen LogP contribution < -0.4 is 10.5 Å². The van der Waals surface area contributed by atoms with Crippen molar-refractivity contribution in [2.75, 3.05) is 13.1 Å². The largest absolute Gasteiger partial charge is 0.469 e. The Labute approximate surface area is 196 Å². The van der Waals surface area contributed by atoms with Crippen LogP contribution in [0.3, 0.4) is 0 Å². The molecule has 10 heteroatoms. The SMILES string of the molecule is CC(C)(C)C1CN(C(=O)O)CC(Oc2ncccc2C(N)=O)C(c2ccc(Cl)c(Cl)c2)O1. The van der Waals surface area contributed by atoms with E-state index in [0.29, 0.717) is 15.6 Å². The molecule has 0 radical (unpaired) electrons. The molecule has 2 aromatic rings. The Bertz CT molecular complexity index is 1010. The number of hydrogen-bond acceptors (Lipinski definition) is 5. The highest BCUT2D eigenvalue weighted by atomic mass is 35.5. The van der Waals surface area contributed by atoms with Crippen LogP contribution >= 0.6 is 23.2 Å². The van der Waals surface area contributed by atoms with Crippen molar-refractivity contribution < 1.29 is 24.2 Å². The predicted octanol–water partition coefficient (Wildman–Crippen LogP) is 4.40. The van der Waals surface area contributed by atoms with Crippen LogP contribution in [0.5, 0.6) is 5.88 Å². The van der Waals surface area contributed by atoms with Crippen LogP contribution in [0.25, 0.3) is 0 Å². The molecule has 0 aliphatic carbocycles. The Balaban J connectivity index is 2.09. The van der Waals surface area contributed by atoms with Gasteiger partial charge in [-0.2, -0.15) is 0 Å². The van der Waals surface area contributed by atoms with E-state index in [9.17, 15) is 14.7 Å². The van der Waals surface area contributed by atoms with E-state index in [-0.39, 0.29) is 29.9 Å². The van der Waals surface area contributed by atoms with Gasteiger partial charge in [0.2, 0.25) is 5.88 Å². The first-order chi connectivity index (χ1) is 15.0. The molecular formula is C22H25Cl2N3O5. The Kier molecular flexibility index (Phi) is 7.17. The summed E-state index contributed by atoms with van der Waals surface area (Å²) in [6, 6.07) is 8.10. The highest BCUT2D eigenvalue weighted by Crippen LogP contribution is 2.37. The van der Waals surface area contributed by atoms with Crippen LogP contribution in [0.2, 0.25) is 10.0 Å². The van der Waals surface area contributed by atoms with Gasteiger partial charge < -0.3 is 25.2 Å². The van der Waals surface area contributed by atoms with Crippen molar-refractivity contribution in [3.05, 3.63) is 57.7 Å². The first kappa shape index (κ1) is 24.1. The first-order valence-corrected chi connectivity index (χ1v) is 10.7. The molecule has 0 spiro atoms. The number of nitrogens with two attached hydrogens (primary N) is 1. The van der Waals surface area contributed by atoms with E-state index in [0.717, 1.165) is 0 Å². The van der Waals surface area contributed by atoms with Gasteiger partial charge in [0.15, 0.2) is 0 Å². The molecule has 3 N–H and O–H groups in total. The molecular weight excluding hydrogens is 457 g/mol. The van der Waals surface area contributed by atoms with E-state index in [2.05, 4.69) is 4.98 Å². The number of nitrogens with zero attached hydrogens (tertiary/aromatic N) is 2. The Morgan fingerprint density at radius 2 is 1.94 bits per heavy atom. The Morgan fingerprint density at radius 3 is 2.53 bits per heavy atom. The summed E-state index contributed by atoms with van der Waals surface area (Å²) in [5, 5.41) is 10.5. The molecule has 172 valence electrons. The average molecular weight is 482 g/mol. The van der Waals surface area contributed by atoms with Crippen LogP contribution in [0.15, 0.2) is 36.5 Å². The summed E-state index contributed by atoms with van der Waals surface area (Å²) in [5.41, 5.74) is 5.82. The number of carbonyl (C=O) groups excluding carboxylic acids is 1. The zero-order valence-electron chi connectivity index (χ0n) is 17.9. The molecule has 1 aliphatic rings. The van der Waals surface area contributed by atoms with Gasteiger partial charge in [0, 0.05) is 6.20 Å². The molecule has 8 nitrogen and oxygen atoms in total. The van der Waals surface area contributed by atoms with Crippen molar-refractivity contribution in [2.45, 2.75) is 39.1 Å². The summed E-state index contributed by atoms with van der Waals surface area (Å²) in [6.07, 6.45) is -1.67. The second-order valence-corrected chi connectivity index (χ2v) is 9.46. The smallest absolute Gasteiger partial charge is 0.407 e. The first-order valence-electron chi connectivity index (χ1n) is 9.97. The number of amides is 2. The van der Waals surface area contributed by atoms with Crippen LogP contribution in [-0.4, -0.2) is 52.3 Å². The topological polar surface area (TPSA) is 115 Å². The van der Waals surface area contributed by atoms with Gasteiger partial charge in [-0.15, -0.1) is 0 Å². The summed E-state index contributed by atoms with van der Waals surface area (Å²) < 4.78 is 12.5. The summed E-state index contributed by atoms with van der Waals surface area (Å²) in [7, 11) is 0. The molecule has 3 rings (SSSR count). The van der Waals surface area contributed by atoms with E-state index in [4.69, 9.17) is 38.4 Å². The minimum absolute atomic E-state index is 0.00166. The average Bonchev–Trinajstić information content (AvgIpc) is 2.90. The zero-order chi connectivity index (χ0) is 23.6. The second-order valence-electron chi connectivity index (χ2n) is 8.65. The number of primary amides is 1.